The van der Waals surface area contributed by atoms with Crippen LogP contribution >= 0.6 is 12.4 Å². The van der Waals surface area contributed by atoms with Crippen molar-refractivity contribution in [3.05, 3.63) is 29.8 Å². The normalized spacial score (nSPS) is 9.44. The maximum Gasteiger partial charge on any atom is 0.221 e. The van der Waals surface area contributed by atoms with Crippen molar-refractivity contribution in [2.75, 3.05) is 27.2 Å². The number of methoxy groups -OCH3 is 1. The van der Waals surface area contributed by atoms with E-state index in [9.17, 15) is 4.79 Å². The predicted molar refractivity (Wildman–Crippen MR) is 75.5 cm³/mol. The molecule has 1 aromatic carbocycles. The number of amides is 1. The van der Waals surface area contributed by atoms with E-state index in [1.54, 1.807) is 7.11 Å². The fourth-order valence-electron chi connectivity index (χ4n) is 1.47. The van der Waals surface area contributed by atoms with Gasteiger partial charge < -0.3 is 15.4 Å². The summed E-state index contributed by atoms with van der Waals surface area (Å²) in [6, 6.07) is 7.88. The molecule has 18 heavy (non-hydrogen) atoms. The second kappa shape index (κ2) is 9.74. The molecular formula is C13H21ClN2O2. The van der Waals surface area contributed by atoms with Crippen LogP contribution in [0.2, 0.25) is 0 Å². The molecule has 1 aromatic rings. The van der Waals surface area contributed by atoms with Crippen LogP contribution in [-0.2, 0) is 11.2 Å². The van der Waals surface area contributed by atoms with Gasteiger partial charge in [-0.3, -0.25) is 4.79 Å². The molecule has 0 aliphatic rings. The highest BCUT2D eigenvalue weighted by molar-refractivity contribution is 5.85. The van der Waals surface area contributed by atoms with Crippen LogP contribution in [0.4, 0.5) is 0 Å². The third kappa shape index (κ3) is 6.47. The summed E-state index contributed by atoms with van der Waals surface area (Å²) in [6.45, 7) is 1.39. The highest BCUT2D eigenvalue weighted by atomic mass is 35.5. The Balaban J connectivity index is 0.00000289. The van der Waals surface area contributed by atoms with Crippen molar-refractivity contribution in [3.8, 4) is 5.75 Å². The van der Waals surface area contributed by atoms with Gasteiger partial charge in [-0.1, -0.05) is 12.1 Å². The van der Waals surface area contributed by atoms with Gasteiger partial charge in [-0.25, -0.2) is 0 Å². The highest BCUT2D eigenvalue weighted by Crippen LogP contribution is 2.11. The monoisotopic (exact) mass is 272 g/mol. The SMILES string of the molecule is CNCCC(=O)NCCc1ccc(OC)cc1.Cl. The minimum absolute atomic E-state index is 0. The van der Waals surface area contributed by atoms with Gasteiger partial charge in [0.25, 0.3) is 0 Å². The summed E-state index contributed by atoms with van der Waals surface area (Å²) in [7, 11) is 3.49. The Morgan fingerprint density at radius 1 is 1.22 bits per heavy atom. The molecule has 4 nitrogen and oxygen atoms in total. The van der Waals surface area contributed by atoms with E-state index in [2.05, 4.69) is 10.6 Å². The van der Waals surface area contributed by atoms with E-state index in [4.69, 9.17) is 4.74 Å². The van der Waals surface area contributed by atoms with Crippen molar-refractivity contribution < 1.29 is 9.53 Å². The zero-order valence-electron chi connectivity index (χ0n) is 10.9. The van der Waals surface area contributed by atoms with Crippen molar-refractivity contribution in [1.29, 1.82) is 0 Å². The molecule has 102 valence electrons. The van der Waals surface area contributed by atoms with Crippen LogP contribution in [0.25, 0.3) is 0 Å². The van der Waals surface area contributed by atoms with E-state index in [1.807, 2.05) is 31.3 Å². The molecule has 1 amide bonds. The summed E-state index contributed by atoms with van der Waals surface area (Å²) >= 11 is 0. The van der Waals surface area contributed by atoms with E-state index >= 15 is 0 Å². The molecule has 2 N–H and O–H groups in total. The molecule has 0 aliphatic carbocycles. The molecule has 0 saturated heterocycles. The predicted octanol–water partition coefficient (Wildman–Crippen LogP) is 1.39. The van der Waals surface area contributed by atoms with Crippen LogP contribution in [0.15, 0.2) is 24.3 Å². The number of carbonyl (C=O) groups excluding carboxylic acids is 1. The second-order valence-corrected chi connectivity index (χ2v) is 3.80. The molecule has 0 spiro atoms. The Bertz CT molecular complexity index is 341. The van der Waals surface area contributed by atoms with E-state index in [1.165, 1.54) is 5.56 Å². The van der Waals surface area contributed by atoms with Crippen LogP contribution in [0.5, 0.6) is 5.75 Å². The molecule has 0 radical (unpaired) electrons. The van der Waals surface area contributed by atoms with E-state index < -0.39 is 0 Å². The van der Waals surface area contributed by atoms with E-state index in [0.29, 0.717) is 19.5 Å². The van der Waals surface area contributed by atoms with Gasteiger partial charge in [-0.2, -0.15) is 0 Å². The number of benzene rings is 1. The number of nitrogens with one attached hydrogen (secondary N) is 2. The summed E-state index contributed by atoms with van der Waals surface area (Å²) < 4.78 is 5.08. The van der Waals surface area contributed by atoms with Crippen molar-refractivity contribution >= 4 is 18.3 Å². The van der Waals surface area contributed by atoms with Gasteiger partial charge in [0.2, 0.25) is 5.91 Å². The maximum atomic E-state index is 11.3. The maximum absolute atomic E-state index is 11.3. The summed E-state index contributed by atoms with van der Waals surface area (Å²) in [5.74, 6) is 0.944. The largest absolute Gasteiger partial charge is 0.497 e. The van der Waals surface area contributed by atoms with Crippen molar-refractivity contribution in [3.63, 3.8) is 0 Å². The first-order chi connectivity index (χ1) is 8.26. The smallest absolute Gasteiger partial charge is 0.221 e. The number of hydrogen-bond acceptors (Lipinski definition) is 3. The van der Waals surface area contributed by atoms with Crippen molar-refractivity contribution in [2.24, 2.45) is 0 Å². The topological polar surface area (TPSA) is 50.4 Å². The van der Waals surface area contributed by atoms with Crippen molar-refractivity contribution in [1.82, 2.24) is 10.6 Å². The molecule has 0 atom stereocenters. The second-order valence-electron chi connectivity index (χ2n) is 3.80. The van der Waals surface area contributed by atoms with Crippen molar-refractivity contribution in [2.45, 2.75) is 12.8 Å². The molecule has 0 heterocycles. The first-order valence-electron chi connectivity index (χ1n) is 5.80. The molecule has 0 saturated carbocycles. The average molecular weight is 273 g/mol. The molecule has 0 aromatic heterocycles. The Morgan fingerprint density at radius 2 is 1.89 bits per heavy atom. The van der Waals surface area contributed by atoms with Crippen LogP contribution in [0.3, 0.4) is 0 Å². The fourth-order valence-corrected chi connectivity index (χ4v) is 1.47. The highest BCUT2D eigenvalue weighted by Gasteiger charge is 1.99. The number of ether oxygens (including phenoxy) is 1. The Hall–Kier alpha value is -1.26. The summed E-state index contributed by atoms with van der Waals surface area (Å²) in [6.07, 6.45) is 1.37. The third-order valence-corrected chi connectivity index (χ3v) is 2.50. The molecule has 0 fully saturated rings. The quantitative estimate of drug-likeness (QED) is 0.789. The fraction of sp³-hybridized carbons (Fsp3) is 0.462. The van der Waals surface area contributed by atoms with Crippen LogP contribution < -0.4 is 15.4 Å². The summed E-state index contributed by atoms with van der Waals surface area (Å²) in [5, 5.41) is 5.83. The van der Waals surface area contributed by atoms with Gasteiger partial charge in [-0.15, -0.1) is 12.4 Å². The summed E-state index contributed by atoms with van der Waals surface area (Å²) in [5.41, 5.74) is 1.19. The number of hydrogen-bond donors (Lipinski definition) is 2. The molecular weight excluding hydrogens is 252 g/mol. The van der Waals surface area contributed by atoms with Gasteiger partial charge >= 0.3 is 0 Å². The Kier molecular flexibility index (Phi) is 9.06. The van der Waals surface area contributed by atoms with Crippen LogP contribution in [-0.4, -0.2) is 33.2 Å². The van der Waals surface area contributed by atoms with Crippen LogP contribution in [0.1, 0.15) is 12.0 Å². The van der Waals surface area contributed by atoms with Gasteiger partial charge in [-0.05, 0) is 31.2 Å². The molecule has 0 bridgehead atoms. The number of carbonyl (C=O) groups is 1. The molecule has 0 aliphatic heterocycles. The third-order valence-electron chi connectivity index (χ3n) is 2.50. The van der Waals surface area contributed by atoms with Gasteiger partial charge in [0.05, 0.1) is 7.11 Å². The van der Waals surface area contributed by atoms with Crippen LogP contribution in [0, 0.1) is 0 Å². The minimum atomic E-state index is 0. The molecule has 0 unspecified atom stereocenters. The zero-order valence-corrected chi connectivity index (χ0v) is 11.7. The lowest BCUT2D eigenvalue weighted by Crippen LogP contribution is -2.28. The zero-order chi connectivity index (χ0) is 12.5. The average Bonchev–Trinajstić information content (AvgIpc) is 2.37. The first-order valence-corrected chi connectivity index (χ1v) is 5.80. The molecule has 1 rings (SSSR count). The van der Waals surface area contributed by atoms with E-state index in [-0.39, 0.29) is 18.3 Å². The molecule has 5 heteroatoms. The van der Waals surface area contributed by atoms with Gasteiger partial charge in [0, 0.05) is 19.5 Å². The lowest BCUT2D eigenvalue weighted by atomic mass is 10.1. The van der Waals surface area contributed by atoms with Gasteiger partial charge in [0.1, 0.15) is 5.75 Å². The van der Waals surface area contributed by atoms with Gasteiger partial charge in [0.15, 0.2) is 0 Å². The Labute approximate surface area is 115 Å². The van der Waals surface area contributed by atoms with E-state index in [0.717, 1.165) is 12.2 Å². The first kappa shape index (κ1) is 16.7. The standard InChI is InChI=1S/C13H20N2O2.ClH/c1-14-9-8-13(16)15-10-7-11-3-5-12(17-2)6-4-11;/h3-6,14H,7-10H2,1-2H3,(H,15,16);1H. The lowest BCUT2D eigenvalue weighted by Gasteiger charge is -2.06. The summed E-state index contributed by atoms with van der Waals surface area (Å²) in [4.78, 5) is 11.3. The number of halogens is 1. The lowest BCUT2D eigenvalue weighted by molar-refractivity contribution is -0.120. The number of rotatable bonds is 7. The minimum Gasteiger partial charge on any atom is -0.497 e. The Morgan fingerprint density at radius 3 is 2.44 bits per heavy atom.